The van der Waals surface area contributed by atoms with E-state index < -0.39 is 66.4 Å². The van der Waals surface area contributed by atoms with E-state index in [0.29, 0.717) is 5.56 Å². The zero-order valence-electron chi connectivity index (χ0n) is 21.9. The number of benzene rings is 1. The standard InChI is InChI=1S/C25H39N3O7/c1-16(27-23(33)35-25(6,7)8)21(31)28(19(15-29)18-12-10-9-11-13-18)14-20(30)26-17(2)22(32)34-24(3,4)5/h9-13,16-17,19,29H,14-15H2,1-8H3,(H,26,30)(H,27,33)/t16-,17-,19?/m0/s1. The minimum Gasteiger partial charge on any atom is -0.458 e. The van der Waals surface area contributed by atoms with Crippen LogP contribution < -0.4 is 10.6 Å². The van der Waals surface area contributed by atoms with Gasteiger partial charge in [0.05, 0.1) is 12.6 Å². The first kappa shape index (κ1) is 29.9. The molecule has 3 N–H and O–H groups in total. The molecule has 1 rings (SSSR count). The van der Waals surface area contributed by atoms with Gasteiger partial charge in [-0.3, -0.25) is 9.59 Å². The van der Waals surface area contributed by atoms with E-state index >= 15 is 0 Å². The van der Waals surface area contributed by atoms with Gasteiger partial charge in [0, 0.05) is 0 Å². The average Bonchev–Trinajstić information content (AvgIpc) is 2.71. The number of amides is 3. The van der Waals surface area contributed by atoms with E-state index in [2.05, 4.69) is 10.6 Å². The molecule has 0 fully saturated rings. The number of aliphatic hydroxyl groups is 1. The number of alkyl carbamates (subject to hydrolysis) is 1. The lowest BCUT2D eigenvalue weighted by molar-refractivity contribution is -0.158. The average molecular weight is 494 g/mol. The zero-order chi connectivity index (χ0) is 27.0. The molecule has 0 heterocycles. The lowest BCUT2D eigenvalue weighted by Gasteiger charge is -2.33. The number of nitrogens with zero attached hydrogens (tertiary/aromatic N) is 1. The van der Waals surface area contributed by atoms with Gasteiger partial charge in [0.2, 0.25) is 11.8 Å². The Hall–Kier alpha value is -3.14. The van der Waals surface area contributed by atoms with Crippen molar-refractivity contribution in [2.45, 2.75) is 84.7 Å². The minimum absolute atomic E-state index is 0.466. The summed E-state index contributed by atoms with van der Waals surface area (Å²) in [4.78, 5) is 51.7. The molecule has 0 aliphatic heterocycles. The van der Waals surface area contributed by atoms with Crippen molar-refractivity contribution in [1.82, 2.24) is 15.5 Å². The normalized spacial score (nSPS) is 14.2. The van der Waals surface area contributed by atoms with E-state index in [0.717, 1.165) is 4.90 Å². The molecule has 0 radical (unpaired) electrons. The molecule has 0 aliphatic carbocycles. The minimum atomic E-state index is -1.06. The predicted octanol–water partition coefficient (Wildman–Crippen LogP) is 2.31. The number of rotatable bonds is 9. The summed E-state index contributed by atoms with van der Waals surface area (Å²) < 4.78 is 10.5. The Morgan fingerprint density at radius 1 is 0.886 bits per heavy atom. The maximum absolute atomic E-state index is 13.3. The van der Waals surface area contributed by atoms with Crippen LogP contribution in [0.25, 0.3) is 0 Å². The Labute approximate surface area is 207 Å². The number of hydrogen-bond acceptors (Lipinski definition) is 7. The number of esters is 1. The summed E-state index contributed by atoms with van der Waals surface area (Å²) in [5.74, 6) is -1.86. The van der Waals surface area contributed by atoms with E-state index in [9.17, 15) is 24.3 Å². The molecule has 0 spiro atoms. The first-order chi connectivity index (χ1) is 16.0. The van der Waals surface area contributed by atoms with Crippen molar-refractivity contribution >= 4 is 23.9 Å². The SMILES string of the molecule is C[C@H](NC(=O)CN(C(=O)[C@H](C)NC(=O)OC(C)(C)C)C(CO)c1ccccc1)C(=O)OC(C)(C)C. The first-order valence-corrected chi connectivity index (χ1v) is 11.5. The van der Waals surface area contributed by atoms with Gasteiger partial charge in [-0.05, 0) is 61.0 Å². The highest BCUT2D eigenvalue weighted by molar-refractivity contribution is 5.91. The number of carbonyl (C=O) groups excluding carboxylic acids is 4. The molecule has 0 aromatic heterocycles. The monoisotopic (exact) mass is 493 g/mol. The maximum Gasteiger partial charge on any atom is 0.408 e. The van der Waals surface area contributed by atoms with Crippen molar-refractivity contribution in [3.63, 3.8) is 0 Å². The van der Waals surface area contributed by atoms with Gasteiger partial charge in [0.1, 0.15) is 29.8 Å². The van der Waals surface area contributed by atoms with Crippen LogP contribution in [-0.4, -0.2) is 70.3 Å². The second-order valence-electron chi connectivity index (χ2n) is 10.3. The first-order valence-electron chi connectivity index (χ1n) is 11.5. The van der Waals surface area contributed by atoms with Crippen molar-refractivity contribution in [3.8, 4) is 0 Å². The fraction of sp³-hybridized carbons (Fsp3) is 0.600. The Morgan fingerprint density at radius 3 is 1.91 bits per heavy atom. The highest BCUT2D eigenvalue weighted by Gasteiger charge is 2.32. The lowest BCUT2D eigenvalue weighted by atomic mass is 10.0. The molecule has 0 saturated carbocycles. The summed E-state index contributed by atoms with van der Waals surface area (Å²) in [5.41, 5.74) is -0.890. The molecule has 1 aromatic carbocycles. The largest absolute Gasteiger partial charge is 0.458 e. The fourth-order valence-corrected chi connectivity index (χ4v) is 3.09. The number of hydrogen-bond donors (Lipinski definition) is 3. The Bertz CT molecular complexity index is 875. The van der Waals surface area contributed by atoms with E-state index in [-0.39, 0.29) is 0 Å². The molecule has 10 nitrogen and oxygen atoms in total. The van der Waals surface area contributed by atoms with Crippen molar-refractivity contribution < 1.29 is 33.8 Å². The molecule has 1 unspecified atom stereocenters. The van der Waals surface area contributed by atoms with Gasteiger partial charge in [-0.25, -0.2) is 9.59 Å². The third kappa shape index (κ3) is 10.8. The molecule has 1 aromatic rings. The van der Waals surface area contributed by atoms with Crippen molar-refractivity contribution in [2.75, 3.05) is 13.2 Å². The second kappa shape index (κ2) is 12.5. The van der Waals surface area contributed by atoms with Crippen LogP contribution in [0.15, 0.2) is 30.3 Å². The van der Waals surface area contributed by atoms with Crippen LogP contribution in [-0.2, 0) is 23.9 Å². The van der Waals surface area contributed by atoms with Gasteiger partial charge in [-0.2, -0.15) is 0 Å². The molecule has 0 saturated heterocycles. The molecule has 0 aliphatic rings. The van der Waals surface area contributed by atoms with Crippen LogP contribution in [0.2, 0.25) is 0 Å². The quantitative estimate of drug-likeness (QED) is 0.449. The Morgan fingerprint density at radius 2 is 1.43 bits per heavy atom. The molecule has 0 bridgehead atoms. The van der Waals surface area contributed by atoms with Crippen LogP contribution >= 0.6 is 0 Å². The molecular formula is C25H39N3O7. The summed E-state index contributed by atoms with van der Waals surface area (Å²) in [6, 6.07) is 5.82. The number of nitrogens with one attached hydrogen (secondary N) is 2. The number of aliphatic hydroxyl groups excluding tert-OH is 1. The smallest absolute Gasteiger partial charge is 0.408 e. The van der Waals surface area contributed by atoms with Crippen molar-refractivity contribution in [3.05, 3.63) is 35.9 Å². The summed E-state index contributed by atoms with van der Waals surface area (Å²) in [7, 11) is 0. The van der Waals surface area contributed by atoms with Crippen LogP contribution in [0.4, 0.5) is 4.79 Å². The van der Waals surface area contributed by atoms with Gasteiger partial charge in [-0.1, -0.05) is 30.3 Å². The highest BCUT2D eigenvalue weighted by Crippen LogP contribution is 2.21. The topological polar surface area (TPSA) is 134 Å². The van der Waals surface area contributed by atoms with Gasteiger partial charge in [0.25, 0.3) is 0 Å². The third-order valence-electron chi connectivity index (χ3n) is 4.57. The predicted molar refractivity (Wildman–Crippen MR) is 130 cm³/mol. The second-order valence-corrected chi connectivity index (χ2v) is 10.3. The van der Waals surface area contributed by atoms with E-state index in [1.807, 2.05) is 0 Å². The van der Waals surface area contributed by atoms with Gasteiger partial charge in [-0.15, -0.1) is 0 Å². The van der Waals surface area contributed by atoms with Gasteiger partial charge in [0.15, 0.2) is 0 Å². The molecule has 3 atom stereocenters. The summed E-state index contributed by atoms with van der Waals surface area (Å²) in [6.45, 7) is 12.2. The number of ether oxygens (including phenoxy) is 2. The van der Waals surface area contributed by atoms with Crippen LogP contribution in [0.1, 0.15) is 67.0 Å². The Balaban J connectivity index is 3.09. The lowest BCUT2D eigenvalue weighted by Crippen LogP contribution is -2.53. The summed E-state index contributed by atoms with van der Waals surface area (Å²) in [6.07, 6.45) is -0.790. The Kier molecular flexibility index (Phi) is 10.7. The van der Waals surface area contributed by atoms with Crippen LogP contribution in [0.5, 0.6) is 0 Å². The maximum atomic E-state index is 13.3. The summed E-state index contributed by atoms with van der Waals surface area (Å²) >= 11 is 0. The zero-order valence-corrected chi connectivity index (χ0v) is 21.9. The molecule has 35 heavy (non-hydrogen) atoms. The van der Waals surface area contributed by atoms with Gasteiger partial charge >= 0.3 is 12.1 Å². The van der Waals surface area contributed by atoms with E-state index in [1.54, 1.807) is 71.9 Å². The van der Waals surface area contributed by atoms with E-state index in [1.165, 1.54) is 13.8 Å². The van der Waals surface area contributed by atoms with Crippen LogP contribution in [0.3, 0.4) is 0 Å². The third-order valence-corrected chi connectivity index (χ3v) is 4.57. The van der Waals surface area contributed by atoms with Crippen LogP contribution in [0, 0.1) is 0 Å². The molecule has 196 valence electrons. The molecule has 3 amide bonds. The number of carbonyl (C=O) groups is 4. The van der Waals surface area contributed by atoms with E-state index in [4.69, 9.17) is 9.47 Å². The summed E-state index contributed by atoms with van der Waals surface area (Å²) in [5, 5.41) is 15.1. The van der Waals surface area contributed by atoms with Crippen molar-refractivity contribution in [1.29, 1.82) is 0 Å². The fourth-order valence-electron chi connectivity index (χ4n) is 3.09. The highest BCUT2D eigenvalue weighted by atomic mass is 16.6. The van der Waals surface area contributed by atoms with Crippen molar-refractivity contribution in [2.24, 2.45) is 0 Å². The van der Waals surface area contributed by atoms with Gasteiger partial charge < -0.3 is 30.1 Å². The molecular weight excluding hydrogens is 454 g/mol. The molecule has 10 heteroatoms.